The highest BCUT2D eigenvalue weighted by molar-refractivity contribution is 14.0. The van der Waals surface area contributed by atoms with Crippen molar-refractivity contribution in [3.63, 3.8) is 0 Å². The number of nitrogens with zero attached hydrogens (tertiary/aromatic N) is 2. The Hall–Kier alpha value is -0.670. The van der Waals surface area contributed by atoms with E-state index in [0.717, 1.165) is 64.5 Å². The Balaban J connectivity index is 0.00000288. The van der Waals surface area contributed by atoms with Crippen LogP contribution in [-0.4, -0.2) is 43.8 Å². The number of hydrogen-bond donors (Lipinski definition) is 2. The number of guanidine groups is 1. The van der Waals surface area contributed by atoms with Crippen LogP contribution >= 0.6 is 35.3 Å². The summed E-state index contributed by atoms with van der Waals surface area (Å²) in [6, 6.07) is 0. The van der Waals surface area contributed by atoms with Crippen molar-refractivity contribution in [2.45, 2.75) is 39.5 Å². The predicted octanol–water partition coefficient (Wildman–Crippen LogP) is 3.16. The second-order valence-corrected chi connectivity index (χ2v) is 6.65. The van der Waals surface area contributed by atoms with E-state index < -0.39 is 0 Å². The summed E-state index contributed by atoms with van der Waals surface area (Å²) < 4.78 is 5.33. The molecule has 1 aliphatic heterocycles. The van der Waals surface area contributed by atoms with Crippen molar-refractivity contribution in [2.24, 2.45) is 4.99 Å². The smallest absolute Gasteiger partial charge is 0.191 e. The molecular weight excluding hydrogens is 435 g/mol. The van der Waals surface area contributed by atoms with Crippen molar-refractivity contribution in [3.05, 3.63) is 27.7 Å². The van der Waals surface area contributed by atoms with Gasteiger partial charge in [-0.2, -0.15) is 0 Å². The van der Waals surface area contributed by atoms with E-state index in [4.69, 9.17) is 4.74 Å². The molecule has 0 fully saturated rings. The molecule has 0 amide bonds. The first-order valence-corrected chi connectivity index (χ1v) is 9.34. The molecule has 2 heterocycles. The zero-order chi connectivity index (χ0) is 16.3. The lowest BCUT2D eigenvalue weighted by Gasteiger charge is -2.15. The lowest BCUT2D eigenvalue weighted by molar-refractivity contribution is 0.153. The molecule has 0 bridgehead atoms. The Morgan fingerprint density at radius 3 is 2.88 bits per heavy atom. The van der Waals surface area contributed by atoms with Gasteiger partial charge in [0.2, 0.25) is 0 Å². The van der Waals surface area contributed by atoms with Crippen molar-refractivity contribution < 1.29 is 4.74 Å². The van der Waals surface area contributed by atoms with E-state index in [2.05, 4.69) is 40.5 Å². The maximum absolute atomic E-state index is 5.33. The number of rotatable bonds is 8. The number of aliphatic imine (C=N–C) groups is 1. The van der Waals surface area contributed by atoms with Gasteiger partial charge in [0.15, 0.2) is 5.96 Å². The zero-order valence-electron chi connectivity index (χ0n) is 14.6. The number of thiazole rings is 1. The Morgan fingerprint density at radius 2 is 2.21 bits per heavy atom. The number of hydrogen-bond acceptors (Lipinski definition) is 4. The van der Waals surface area contributed by atoms with Crippen molar-refractivity contribution in [1.82, 2.24) is 15.6 Å². The van der Waals surface area contributed by atoms with E-state index in [1.807, 2.05) is 6.20 Å². The number of nitrogens with one attached hydrogen (secondary N) is 2. The second kappa shape index (κ2) is 12.7. The molecule has 0 unspecified atom stereocenters. The molecule has 0 radical (unpaired) electrons. The monoisotopic (exact) mass is 464 g/mol. The minimum Gasteiger partial charge on any atom is -0.377 e. The summed E-state index contributed by atoms with van der Waals surface area (Å²) in [4.78, 5) is 10.4. The molecule has 0 aromatic carbocycles. The minimum atomic E-state index is 0. The number of halogens is 1. The number of aromatic nitrogens is 1. The average molecular weight is 464 g/mol. The van der Waals surface area contributed by atoms with Gasteiger partial charge >= 0.3 is 0 Å². The molecule has 1 aromatic rings. The van der Waals surface area contributed by atoms with Crippen LogP contribution in [0.25, 0.3) is 0 Å². The third-order valence-corrected chi connectivity index (χ3v) is 4.89. The first kappa shape index (κ1) is 21.4. The van der Waals surface area contributed by atoms with E-state index in [1.165, 1.54) is 15.5 Å². The molecule has 2 rings (SSSR count). The molecule has 0 saturated heterocycles. The quantitative estimate of drug-likeness (QED) is 0.269. The SMILES string of the molecule is CCNC(=NCCc1ncc(CC)s1)NCCC1=CCOCC1.I. The topological polar surface area (TPSA) is 58.5 Å². The van der Waals surface area contributed by atoms with Gasteiger partial charge in [-0.15, -0.1) is 35.3 Å². The molecule has 0 aliphatic carbocycles. The molecule has 0 atom stereocenters. The fourth-order valence-electron chi connectivity index (χ4n) is 2.37. The molecule has 136 valence electrons. The summed E-state index contributed by atoms with van der Waals surface area (Å²) in [5.74, 6) is 0.896. The zero-order valence-corrected chi connectivity index (χ0v) is 17.8. The van der Waals surface area contributed by atoms with E-state index in [1.54, 1.807) is 11.3 Å². The molecule has 5 nitrogen and oxygen atoms in total. The molecule has 24 heavy (non-hydrogen) atoms. The Bertz CT molecular complexity index is 530. The first-order chi connectivity index (χ1) is 11.3. The average Bonchev–Trinajstić information content (AvgIpc) is 3.04. The third-order valence-electron chi connectivity index (χ3n) is 3.69. The van der Waals surface area contributed by atoms with Crippen LogP contribution in [0.5, 0.6) is 0 Å². The minimum absolute atomic E-state index is 0. The van der Waals surface area contributed by atoms with E-state index >= 15 is 0 Å². The molecule has 0 spiro atoms. The summed E-state index contributed by atoms with van der Waals surface area (Å²) in [6.07, 6.45) is 8.26. The largest absolute Gasteiger partial charge is 0.377 e. The highest BCUT2D eigenvalue weighted by atomic mass is 127. The van der Waals surface area contributed by atoms with Crippen LogP contribution in [0.3, 0.4) is 0 Å². The van der Waals surface area contributed by atoms with Gasteiger partial charge < -0.3 is 15.4 Å². The highest BCUT2D eigenvalue weighted by Gasteiger charge is 2.04. The number of aryl methyl sites for hydroxylation is 1. The molecule has 2 N–H and O–H groups in total. The van der Waals surface area contributed by atoms with Gasteiger partial charge in [0, 0.05) is 37.1 Å². The molecule has 7 heteroatoms. The Morgan fingerprint density at radius 1 is 1.33 bits per heavy atom. The fraction of sp³-hybridized carbons (Fsp3) is 0.647. The van der Waals surface area contributed by atoms with Gasteiger partial charge in [0.25, 0.3) is 0 Å². The van der Waals surface area contributed by atoms with Crippen LogP contribution in [0.1, 0.15) is 36.6 Å². The van der Waals surface area contributed by atoms with Crippen LogP contribution in [0, 0.1) is 0 Å². The van der Waals surface area contributed by atoms with Crippen LogP contribution < -0.4 is 10.6 Å². The van der Waals surface area contributed by atoms with E-state index in [9.17, 15) is 0 Å². The van der Waals surface area contributed by atoms with Crippen LogP contribution in [0.4, 0.5) is 0 Å². The Labute approximate surface area is 166 Å². The molecule has 1 aromatic heterocycles. The summed E-state index contributed by atoms with van der Waals surface area (Å²) in [6.45, 7) is 8.42. The van der Waals surface area contributed by atoms with Crippen molar-refractivity contribution >= 4 is 41.3 Å². The summed E-state index contributed by atoms with van der Waals surface area (Å²) >= 11 is 1.79. The highest BCUT2D eigenvalue weighted by Crippen LogP contribution is 2.13. The first-order valence-electron chi connectivity index (χ1n) is 8.53. The van der Waals surface area contributed by atoms with Gasteiger partial charge in [0.1, 0.15) is 0 Å². The maximum atomic E-state index is 5.33. The fourth-order valence-corrected chi connectivity index (χ4v) is 3.22. The standard InChI is InChI=1S/C17H28N4OS.HI/c1-3-15-13-21-16(23-15)6-10-20-17(18-4-2)19-9-5-14-7-11-22-12-8-14;/h7,13H,3-6,8-12H2,1-2H3,(H2,18,19,20);1H. The van der Waals surface area contributed by atoms with Crippen LogP contribution in [-0.2, 0) is 17.6 Å². The predicted molar refractivity (Wildman–Crippen MR) is 113 cm³/mol. The maximum Gasteiger partial charge on any atom is 0.191 e. The van der Waals surface area contributed by atoms with Gasteiger partial charge in [-0.3, -0.25) is 4.99 Å². The summed E-state index contributed by atoms with van der Waals surface area (Å²) in [5.41, 5.74) is 1.48. The second-order valence-electron chi connectivity index (χ2n) is 5.45. The Kier molecular flexibility index (Phi) is 11.3. The van der Waals surface area contributed by atoms with Crippen LogP contribution in [0.15, 0.2) is 22.8 Å². The third kappa shape index (κ3) is 7.94. The van der Waals surface area contributed by atoms with E-state index in [-0.39, 0.29) is 24.0 Å². The lowest BCUT2D eigenvalue weighted by Crippen LogP contribution is -2.38. The van der Waals surface area contributed by atoms with Gasteiger partial charge in [-0.05, 0) is 26.2 Å². The molecule has 1 aliphatic rings. The van der Waals surface area contributed by atoms with Gasteiger partial charge in [0.05, 0.1) is 18.2 Å². The van der Waals surface area contributed by atoms with Crippen molar-refractivity contribution in [2.75, 3.05) is 32.8 Å². The normalized spacial score (nSPS) is 14.8. The molecule has 0 saturated carbocycles. The lowest BCUT2D eigenvalue weighted by atomic mass is 10.1. The van der Waals surface area contributed by atoms with Crippen molar-refractivity contribution in [3.8, 4) is 0 Å². The van der Waals surface area contributed by atoms with Crippen LogP contribution in [0.2, 0.25) is 0 Å². The van der Waals surface area contributed by atoms with Crippen molar-refractivity contribution in [1.29, 1.82) is 0 Å². The van der Waals surface area contributed by atoms with Gasteiger partial charge in [-0.1, -0.05) is 18.6 Å². The summed E-state index contributed by atoms with van der Waals surface area (Å²) in [5, 5.41) is 7.89. The number of ether oxygens (including phenoxy) is 1. The molecular formula is C17H29IN4OS. The summed E-state index contributed by atoms with van der Waals surface area (Å²) in [7, 11) is 0. The van der Waals surface area contributed by atoms with Gasteiger partial charge in [-0.25, -0.2) is 4.98 Å². The van der Waals surface area contributed by atoms with E-state index in [0.29, 0.717) is 0 Å².